The van der Waals surface area contributed by atoms with Crippen LogP contribution in [0.4, 0.5) is 0 Å². The summed E-state index contributed by atoms with van der Waals surface area (Å²) in [6.45, 7) is 3.98. The van der Waals surface area contributed by atoms with Gasteiger partial charge in [0, 0.05) is 17.1 Å². The van der Waals surface area contributed by atoms with Crippen LogP contribution in [-0.2, 0) is 12.8 Å². The lowest BCUT2D eigenvalue weighted by Crippen LogP contribution is -2.08. The third kappa shape index (κ3) is 1.94. The highest BCUT2D eigenvalue weighted by Gasteiger charge is 2.26. The second-order valence-electron chi connectivity index (χ2n) is 5.57. The van der Waals surface area contributed by atoms with Gasteiger partial charge in [-0.2, -0.15) is 0 Å². The third-order valence-corrected chi connectivity index (χ3v) is 4.21. The first-order chi connectivity index (χ1) is 9.59. The van der Waals surface area contributed by atoms with Gasteiger partial charge in [0.25, 0.3) is 0 Å². The topological polar surface area (TPSA) is 42.2 Å². The predicted molar refractivity (Wildman–Crippen MR) is 78.8 cm³/mol. The van der Waals surface area contributed by atoms with Gasteiger partial charge in [-0.05, 0) is 57.2 Å². The fourth-order valence-corrected chi connectivity index (χ4v) is 3.27. The number of benzene rings is 1. The lowest BCUT2D eigenvalue weighted by Gasteiger charge is -2.16. The highest BCUT2D eigenvalue weighted by atomic mass is 16.4. The molecule has 1 heterocycles. The lowest BCUT2D eigenvalue weighted by atomic mass is 9.94. The number of carboxylic acids is 1. The van der Waals surface area contributed by atoms with Gasteiger partial charge in [0.1, 0.15) is 0 Å². The Morgan fingerprint density at radius 1 is 1.10 bits per heavy atom. The molecule has 3 rings (SSSR count). The quantitative estimate of drug-likeness (QED) is 0.903. The summed E-state index contributed by atoms with van der Waals surface area (Å²) >= 11 is 0. The Hall–Kier alpha value is -2.03. The van der Waals surface area contributed by atoms with Crippen LogP contribution in [0.1, 0.15) is 45.7 Å². The van der Waals surface area contributed by atoms with Crippen molar-refractivity contribution in [3.8, 4) is 5.69 Å². The van der Waals surface area contributed by atoms with Crippen molar-refractivity contribution >= 4 is 5.97 Å². The van der Waals surface area contributed by atoms with E-state index in [0.717, 1.165) is 42.6 Å². The summed E-state index contributed by atoms with van der Waals surface area (Å²) in [4.78, 5) is 11.6. The molecule has 0 fully saturated rings. The van der Waals surface area contributed by atoms with Crippen molar-refractivity contribution in [2.24, 2.45) is 0 Å². The molecule has 1 aliphatic rings. The summed E-state index contributed by atoms with van der Waals surface area (Å²) in [5.74, 6) is -0.800. The maximum absolute atomic E-state index is 11.6. The summed E-state index contributed by atoms with van der Waals surface area (Å²) in [5.41, 5.74) is 5.88. The van der Waals surface area contributed by atoms with Crippen LogP contribution in [0, 0.1) is 13.8 Å². The molecule has 0 amide bonds. The Labute approximate surface area is 118 Å². The van der Waals surface area contributed by atoms with E-state index in [4.69, 9.17) is 0 Å². The highest BCUT2D eigenvalue weighted by molar-refractivity contribution is 5.92. The van der Waals surface area contributed by atoms with Crippen LogP contribution in [0.5, 0.6) is 0 Å². The number of carboxylic acid groups (broad SMARTS) is 1. The molecule has 0 saturated carbocycles. The number of fused-ring (bicyclic) bond motifs is 1. The van der Waals surface area contributed by atoms with E-state index in [0.29, 0.717) is 5.56 Å². The van der Waals surface area contributed by atoms with Crippen LogP contribution in [-0.4, -0.2) is 15.6 Å². The molecule has 20 heavy (non-hydrogen) atoms. The molecule has 0 bridgehead atoms. The maximum Gasteiger partial charge on any atom is 0.337 e. The SMILES string of the molecule is Cc1ccc(-n2c(C)c(C(=O)O)c3c2CCCC3)cc1. The van der Waals surface area contributed by atoms with Crippen molar-refractivity contribution in [3.05, 3.63) is 52.3 Å². The lowest BCUT2D eigenvalue weighted by molar-refractivity contribution is 0.0695. The monoisotopic (exact) mass is 269 g/mol. The summed E-state index contributed by atoms with van der Waals surface area (Å²) in [5, 5.41) is 9.51. The normalized spacial score (nSPS) is 14.1. The molecule has 0 atom stereocenters. The van der Waals surface area contributed by atoms with Crippen molar-refractivity contribution in [1.82, 2.24) is 4.57 Å². The van der Waals surface area contributed by atoms with Gasteiger partial charge in [0.2, 0.25) is 0 Å². The molecule has 0 unspecified atom stereocenters. The molecule has 1 aromatic carbocycles. The molecule has 3 heteroatoms. The first kappa shape index (κ1) is 13.0. The molecule has 3 nitrogen and oxygen atoms in total. The van der Waals surface area contributed by atoms with Crippen LogP contribution in [0.3, 0.4) is 0 Å². The average molecular weight is 269 g/mol. The summed E-state index contributed by atoms with van der Waals surface area (Å²) in [6, 6.07) is 8.29. The number of hydrogen-bond donors (Lipinski definition) is 1. The second kappa shape index (κ2) is 4.82. The summed E-state index contributed by atoms with van der Waals surface area (Å²) in [7, 11) is 0. The molecule has 0 saturated heterocycles. The van der Waals surface area contributed by atoms with Gasteiger partial charge in [-0.1, -0.05) is 17.7 Å². The van der Waals surface area contributed by atoms with Crippen LogP contribution >= 0.6 is 0 Å². The number of nitrogens with zero attached hydrogens (tertiary/aromatic N) is 1. The smallest absolute Gasteiger partial charge is 0.337 e. The van der Waals surface area contributed by atoms with Crippen LogP contribution in [0.15, 0.2) is 24.3 Å². The fourth-order valence-electron chi connectivity index (χ4n) is 3.27. The van der Waals surface area contributed by atoms with Crippen LogP contribution < -0.4 is 0 Å². The number of aromatic carboxylic acids is 1. The van der Waals surface area contributed by atoms with Gasteiger partial charge in [-0.25, -0.2) is 4.79 Å². The maximum atomic E-state index is 11.6. The minimum absolute atomic E-state index is 0.514. The zero-order chi connectivity index (χ0) is 14.3. The average Bonchev–Trinajstić information content (AvgIpc) is 2.72. The van der Waals surface area contributed by atoms with Crippen molar-refractivity contribution in [1.29, 1.82) is 0 Å². The van der Waals surface area contributed by atoms with Gasteiger partial charge in [-0.3, -0.25) is 0 Å². The van der Waals surface area contributed by atoms with Crippen LogP contribution in [0.2, 0.25) is 0 Å². The Kier molecular flexibility index (Phi) is 3.13. The Morgan fingerprint density at radius 3 is 2.40 bits per heavy atom. The fraction of sp³-hybridized carbons (Fsp3) is 0.353. The van der Waals surface area contributed by atoms with Crippen molar-refractivity contribution in [2.75, 3.05) is 0 Å². The number of rotatable bonds is 2. The Balaban J connectivity index is 2.25. The highest BCUT2D eigenvalue weighted by Crippen LogP contribution is 2.32. The molecule has 0 aliphatic heterocycles. The van der Waals surface area contributed by atoms with E-state index < -0.39 is 5.97 Å². The molecular formula is C17H19NO2. The standard InChI is InChI=1S/C17H19NO2/c1-11-7-9-13(10-8-11)18-12(2)16(17(19)20)14-5-3-4-6-15(14)18/h7-10H,3-6H2,1-2H3,(H,19,20). The molecule has 104 valence electrons. The van der Waals surface area contributed by atoms with Crippen molar-refractivity contribution in [3.63, 3.8) is 0 Å². The minimum atomic E-state index is -0.800. The number of carbonyl (C=O) groups is 1. The van der Waals surface area contributed by atoms with Gasteiger partial charge in [0.05, 0.1) is 5.56 Å². The molecule has 0 radical (unpaired) electrons. The molecule has 1 aromatic heterocycles. The van der Waals surface area contributed by atoms with Crippen molar-refractivity contribution in [2.45, 2.75) is 39.5 Å². The first-order valence-electron chi connectivity index (χ1n) is 7.13. The summed E-state index contributed by atoms with van der Waals surface area (Å²) < 4.78 is 2.14. The molecule has 1 N–H and O–H groups in total. The van der Waals surface area contributed by atoms with Gasteiger partial charge < -0.3 is 9.67 Å². The largest absolute Gasteiger partial charge is 0.478 e. The molecule has 1 aliphatic carbocycles. The zero-order valence-electron chi connectivity index (χ0n) is 11.9. The first-order valence-corrected chi connectivity index (χ1v) is 7.13. The van der Waals surface area contributed by atoms with E-state index in [-0.39, 0.29) is 0 Å². The third-order valence-electron chi connectivity index (χ3n) is 4.21. The summed E-state index contributed by atoms with van der Waals surface area (Å²) in [6.07, 6.45) is 4.08. The van der Waals surface area contributed by atoms with E-state index in [1.165, 1.54) is 11.3 Å². The van der Waals surface area contributed by atoms with Gasteiger partial charge in [0.15, 0.2) is 0 Å². The van der Waals surface area contributed by atoms with Gasteiger partial charge >= 0.3 is 5.97 Å². The van der Waals surface area contributed by atoms with Crippen LogP contribution in [0.25, 0.3) is 5.69 Å². The number of hydrogen-bond acceptors (Lipinski definition) is 1. The Morgan fingerprint density at radius 2 is 1.75 bits per heavy atom. The Bertz CT molecular complexity index is 665. The van der Waals surface area contributed by atoms with E-state index >= 15 is 0 Å². The molecule has 2 aromatic rings. The molecular weight excluding hydrogens is 250 g/mol. The number of aromatic nitrogens is 1. The van der Waals surface area contributed by atoms with E-state index in [1.54, 1.807) is 0 Å². The van der Waals surface area contributed by atoms with Crippen molar-refractivity contribution < 1.29 is 9.90 Å². The van der Waals surface area contributed by atoms with Gasteiger partial charge in [-0.15, -0.1) is 0 Å². The van der Waals surface area contributed by atoms with E-state index in [9.17, 15) is 9.90 Å². The van der Waals surface area contributed by atoms with E-state index in [2.05, 4.69) is 35.8 Å². The minimum Gasteiger partial charge on any atom is -0.478 e. The second-order valence-corrected chi connectivity index (χ2v) is 5.57. The zero-order valence-corrected chi connectivity index (χ0v) is 11.9. The molecule has 0 spiro atoms. The predicted octanol–water partition coefficient (Wildman–Crippen LogP) is 3.67. The number of aryl methyl sites for hydroxylation is 1. The van der Waals surface area contributed by atoms with E-state index in [1.807, 2.05) is 6.92 Å².